The summed E-state index contributed by atoms with van der Waals surface area (Å²) in [6.45, 7) is 1.47. The third-order valence-electron chi connectivity index (χ3n) is 5.53. The lowest BCUT2D eigenvalue weighted by atomic mass is 10.1. The molecule has 1 atom stereocenters. The standard InChI is InChI=1S/C18H24N6O4S/c25-24(26)17-11-15(29(27,28)22-9-3-1-2-4-10-22)6-7-16(17)21-14-5-8-18-19-13-20-23(18)12-14/h6-7,11,13-14,21H,1-5,8-10,12H2. The number of anilines is 1. The summed E-state index contributed by atoms with van der Waals surface area (Å²) < 4.78 is 29.2. The van der Waals surface area contributed by atoms with Crippen LogP contribution in [0.5, 0.6) is 0 Å². The Morgan fingerprint density at radius 3 is 2.66 bits per heavy atom. The summed E-state index contributed by atoms with van der Waals surface area (Å²) in [4.78, 5) is 15.3. The van der Waals surface area contributed by atoms with E-state index in [4.69, 9.17) is 0 Å². The highest BCUT2D eigenvalue weighted by Gasteiger charge is 2.29. The van der Waals surface area contributed by atoms with Crippen molar-refractivity contribution in [3.8, 4) is 0 Å². The maximum absolute atomic E-state index is 13.0. The number of fused-ring (bicyclic) bond motifs is 1. The average Bonchev–Trinajstić information content (AvgIpc) is 2.98. The molecule has 1 fully saturated rings. The van der Waals surface area contributed by atoms with Crippen LogP contribution in [0.3, 0.4) is 0 Å². The maximum atomic E-state index is 13.0. The second kappa shape index (κ2) is 8.07. The second-order valence-electron chi connectivity index (χ2n) is 7.49. The molecular formula is C18H24N6O4S. The molecule has 2 aromatic rings. The van der Waals surface area contributed by atoms with Crippen LogP contribution in [0, 0.1) is 10.1 Å². The van der Waals surface area contributed by atoms with Crippen LogP contribution < -0.4 is 5.32 Å². The number of nitro benzene ring substituents is 1. The van der Waals surface area contributed by atoms with E-state index in [1.807, 2.05) is 0 Å². The summed E-state index contributed by atoms with van der Waals surface area (Å²) in [6.07, 6.45) is 6.63. The summed E-state index contributed by atoms with van der Waals surface area (Å²) >= 11 is 0. The van der Waals surface area contributed by atoms with E-state index >= 15 is 0 Å². The molecule has 0 aliphatic carbocycles. The molecular weight excluding hydrogens is 396 g/mol. The lowest BCUT2D eigenvalue weighted by Gasteiger charge is -2.24. The highest BCUT2D eigenvalue weighted by atomic mass is 32.2. The number of hydrogen-bond donors (Lipinski definition) is 1. The molecule has 0 spiro atoms. The molecule has 2 aliphatic heterocycles. The lowest BCUT2D eigenvalue weighted by molar-refractivity contribution is -0.384. The van der Waals surface area contributed by atoms with Crippen LogP contribution in [0.1, 0.15) is 37.9 Å². The van der Waals surface area contributed by atoms with Gasteiger partial charge in [0, 0.05) is 31.6 Å². The van der Waals surface area contributed by atoms with Crippen LogP contribution in [0.25, 0.3) is 0 Å². The van der Waals surface area contributed by atoms with Gasteiger partial charge in [0.15, 0.2) is 0 Å². The van der Waals surface area contributed by atoms with E-state index in [0.29, 0.717) is 25.3 Å². The van der Waals surface area contributed by atoms with Gasteiger partial charge < -0.3 is 5.32 Å². The Labute approximate surface area is 169 Å². The third kappa shape index (κ3) is 4.10. The zero-order valence-corrected chi connectivity index (χ0v) is 16.8. The minimum Gasteiger partial charge on any atom is -0.375 e. The Balaban J connectivity index is 1.58. The number of hydrogen-bond acceptors (Lipinski definition) is 7. The number of nitrogens with zero attached hydrogens (tertiary/aromatic N) is 5. The molecule has 1 aromatic heterocycles. The molecule has 10 nitrogen and oxygen atoms in total. The third-order valence-corrected chi connectivity index (χ3v) is 7.43. The minimum atomic E-state index is -3.74. The van der Waals surface area contributed by atoms with Crippen molar-refractivity contribution in [1.29, 1.82) is 0 Å². The number of aryl methyl sites for hydroxylation is 1. The van der Waals surface area contributed by atoms with Crippen molar-refractivity contribution < 1.29 is 13.3 Å². The summed E-state index contributed by atoms with van der Waals surface area (Å²) in [5.74, 6) is 0.899. The first kappa shape index (κ1) is 19.8. The van der Waals surface area contributed by atoms with Gasteiger partial charge in [-0.05, 0) is 31.4 Å². The first-order chi connectivity index (χ1) is 13.9. The van der Waals surface area contributed by atoms with Gasteiger partial charge in [-0.3, -0.25) is 10.1 Å². The normalized spacial score (nSPS) is 20.6. The van der Waals surface area contributed by atoms with Crippen molar-refractivity contribution in [2.24, 2.45) is 0 Å². The summed E-state index contributed by atoms with van der Waals surface area (Å²) in [6, 6.07) is 4.08. The second-order valence-corrected chi connectivity index (χ2v) is 9.43. The first-order valence-corrected chi connectivity index (χ1v) is 11.3. The van der Waals surface area contributed by atoms with Crippen LogP contribution >= 0.6 is 0 Å². The summed E-state index contributed by atoms with van der Waals surface area (Å²) in [5, 5.41) is 19.0. The van der Waals surface area contributed by atoms with Gasteiger partial charge in [-0.25, -0.2) is 18.1 Å². The molecule has 3 heterocycles. The molecule has 0 bridgehead atoms. The van der Waals surface area contributed by atoms with E-state index in [2.05, 4.69) is 15.4 Å². The number of nitrogens with one attached hydrogen (secondary N) is 1. The van der Waals surface area contributed by atoms with Crippen LogP contribution in [0.15, 0.2) is 29.4 Å². The molecule has 11 heteroatoms. The number of aromatic nitrogens is 3. The van der Waals surface area contributed by atoms with Crippen molar-refractivity contribution in [3.63, 3.8) is 0 Å². The fraction of sp³-hybridized carbons (Fsp3) is 0.556. The van der Waals surface area contributed by atoms with Crippen molar-refractivity contribution in [1.82, 2.24) is 19.1 Å². The SMILES string of the molecule is O=[N+]([O-])c1cc(S(=O)(=O)N2CCCCCC2)ccc1NC1CCc2ncnn2C1. The largest absolute Gasteiger partial charge is 0.375 e. The van der Waals surface area contributed by atoms with Gasteiger partial charge in [-0.1, -0.05) is 12.8 Å². The van der Waals surface area contributed by atoms with Crippen molar-refractivity contribution in [2.75, 3.05) is 18.4 Å². The number of rotatable bonds is 5. The van der Waals surface area contributed by atoms with Gasteiger partial charge in [-0.2, -0.15) is 9.40 Å². The highest BCUT2D eigenvalue weighted by Crippen LogP contribution is 2.31. The van der Waals surface area contributed by atoms with Crippen molar-refractivity contribution in [2.45, 2.75) is 56.0 Å². The Bertz CT molecular complexity index is 998. The van der Waals surface area contributed by atoms with E-state index in [1.165, 1.54) is 28.8 Å². The average molecular weight is 420 g/mol. The molecule has 0 amide bonds. The topological polar surface area (TPSA) is 123 Å². The highest BCUT2D eigenvalue weighted by molar-refractivity contribution is 7.89. The quantitative estimate of drug-likeness (QED) is 0.581. The van der Waals surface area contributed by atoms with Crippen LogP contribution in [-0.2, 0) is 23.0 Å². The van der Waals surface area contributed by atoms with Gasteiger partial charge in [-0.15, -0.1) is 0 Å². The first-order valence-electron chi connectivity index (χ1n) is 9.87. The van der Waals surface area contributed by atoms with Gasteiger partial charge in [0.1, 0.15) is 17.8 Å². The number of benzene rings is 1. The summed E-state index contributed by atoms with van der Waals surface area (Å²) in [7, 11) is -3.74. The van der Waals surface area contributed by atoms with Crippen molar-refractivity contribution in [3.05, 3.63) is 40.5 Å². The van der Waals surface area contributed by atoms with E-state index in [0.717, 1.165) is 44.3 Å². The molecule has 1 aromatic carbocycles. The Morgan fingerprint density at radius 1 is 1.17 bits per heavy atom. The molecule has 1 unspecified atom stereocenters. The molecule has 4 rings (SSSR count). The van der Waals surface area contributed by atoms with E-state index in [1.54, 1.807) is 4.68 Å². The van der Waals surface area contributed by atoms with Gasteiger partial charge >= 0.3 is 0 Å². The minimum absolute atomic E-state index is 0.0288. The summed E-state index contributed by atoms with van der Waals surface area (Å²) in [5.41, 5.74) is 0.0867. The Hall–Kier alpha value is -2.53. The van der Waals surface area contributed by atoms with E-state index < -0.39 is 14.9 Å². The molecule has 156 valence electrons. The fourth-order valence-electron chi connectivity index (χ4n) is 3.95. The monoisotopic (exact) mass is 420 g/mol. The van der Waals surface area contributed by atoms with Crippen LogP contribution in [-0.4, -0.2) is 51.5 Å². The smallest absolute Gasteiger partial charge is 0.293 e. The van der Waals surface area contributed by atoms with Crippen LogP contribution in [0.2, 0.25) is 0 Å². The van der Waals surface area contributed by atoms with Gasteiger partial charge in [0.25, 0.3) is 5.69 Å². The molecule has 0 saturated carbocycles. The van der Waals surface area contributed by atoms with Crippen molar-refractivity contribution >= 4 is 21.4 Å². The molecule has 1 saturated heterocycles. The predicted octanol–water partition coefficient (Wildman–Crippen LogP) is 2.18. The van der Waals surface area contributed by atoms with Gasteiger partial charge in [0.05, 0.1) is 16.4 Å². The van der Waals surface area contributed by atoms with E-state index in [9.17, 15) is 18.5 Å². The number of sulfonamides is 1. The molecule has 2 aliphatic rings. The molecule has 29 heavy (non-hydrogen) atoms. The fourth-order valence-corrected chi connectivity index (χ4v) is 5.49. The zero-order valence-electron chi connectivity index (χ0n) is 16.0. The molecule has 1 N–H and O–H groups in total. The number of nitro groups is 1. The predicted molar refractivity (Wildman–Crippen MR) is 106 cm³/mol. The van der Waals surface area contributed by atoms with Gasteiger partial charge in [0.2, 0.25) is 10.0 Å². The zero-order chi connectivity index (χ0) is 20.4. The Kier molecular flexibility index (Phi) is 5.50. The lowest BCUT2D eigenvalue weighted by Crippen LogP contribution is -2.33. The van der Waals surface area contributed by atoms with Crippen LogP contribution in [0.4, 0.5) is 11.4 Å². The van der Waals surface area contributed by atoms with E-state index in [-0.39, 0.29) is 16.6 Å². The molecule has 0 radical (unpaired) electrons. The Morgan fingerprint density at radius 2 is 1.93 bits per heavy atom. The maximum Gasteiger partial charge on any atom is 0.293 e.